The van der Waals surface area contributed by atoms with Crippen molar-refractivity contribution in [2.24, 2.45) is 0 Å². The molecule has 0 amide bonds. The van der Waals surface area contributed by atoms with Gasteiger partial charge in [-0.05, 0) is 36.2 Å². The van der Waals surface area contributed by atoms with Crippen molar-refractivity contribution in [2.45, 2.75) is 12.8 Å². The Balaban J connectivity index is 2.43. The maximum Gasteiger partial charge on any atom is 0.141 e. The Morgan fingerprint density at radius 1 is 1.18 bits per heavy atom. The number of benzene rings is 1. The summed E-state index contributed by atoms with van der Waals surface area (Å²) in [6.07, 6.45) is 3.32. The Morgan fingerprint density at radius 3 is 2.41 bits per heavy atom. The molecule has 0 spiro atoms. The zero-order chi connectivity index (χ0) is 12.3. The number of carbonyl (C=O) groups excluding carboxylic acids is 1. The van der Waals surface area contributed by atoms with Crippen molar-refractivity contribution >= 4 is 5.78 Å². The zero-order valence-corrected chi connectivity index (χ0v) is 9.43. The lowest BCUT2D eigenvalue weighted by Crippen LogP contribution is -2.10. The number of nitrogens with zero attached hydrogens (tertiary/aromatic N) is 1. The second-order valence-electron chi connectivity index (χ2n) is 3.88. The number of hydrogen-bond acceptors (Lipinski definition) is 2. The molecule has 3 heteroatoms. The van der Waals surface area contributed by atoms with Crippen LogP contribution in [0.3, 0.4) is 0 Å². The molecule has 0 fully saturated rings. The molecule has 0 N–H and O–H groups in total. The third kappa shape index (κ3) is 2.56. The summed E-state index contributed by atoms with van der Waals surface area (Å²) in [4.78, 5) is 15.7. The fraction of sp³-hybridized carbons (Fsp3) is 0.143. The van der Waals surface area contributed by atoms with E-state index >= 15 is 0 Å². The van der Waals surface area contributed by atoms with Gasteiger partial charge in [-0.1, -0.05) is 18.2 Å². The lowest BCUT2D eigenvalue weighted by atomic mass is 9.89. The first kappa shape index (κ1) is 11.5. The van der Waals surface area contributed by atoms with Crippen LogP contribution in [-0.4, -0.2) is 10.8 Å². The highest BCUT2D eigenvalue weighted by molar-refractivity contribution is 5.86. The largest absolute Gasteiger partial charge is 0.299 e. The number of hydrogen-bond donors (Lipinski definition) is 0. The maximum atomic E-state index is 12.9. The average molecular weight is 229 g/mol. The van der Waals surface area contributed by atoms with Gasteiger partial charge in [-0.15, -0.1) is 0 Å². The highest BCUT2D eigenvalue weighted by Crippen LogP contribution is 2.25. The predicted octanol–water partition coefficient (Wildman–Crippen LogP) is 2.94. The molecular formula is C14H12FNO. The molecule has 86 valence electrons. The monoisotopic (exact) mass is 229 g/mol. The minimum atomic E-state index is -0.371. The van der Waals surface area contributed by atoms with Crippen LogP contribution in [0, 0.1) is 5.82 Å². The topological polar surface area (TPSA) is 30.0 Å². The third-order valence-corrected chi connectivity index (χ3v) is 2.63. The van der Waals surface area contributed by atoms with Gasteiger partial charge >= 0.3 is 0 Å². The van der Waals surface area contributed by atoms with Gasteiger partial charge < -0.3 is 0 Å². The predicted molar refractivity (Wildman–Crippen MR) is 63.2 cm³/mol. The van der Waals surface area contributed by atoms with Crippen LogP contribution in [0.5, 0.6) is 0 Å². The molecule has 2 aromatic rings. The summed E-state index contributed by atoms with van der Waals surface area (Å²) in [7, 11) is 0. The minimum absolute atomic E-state index is 0.0182. The van der Waals surface area contributed by atoms with E-state index in [1.807, 2.05) is 6.07 Å². The number of aromatic nitrogens is 1. The SMILES string of the molecule is CC(=O)C(c1ccc(F)cc1)c1cccnc1. The van der Waals surface area contributed by atoms with E-state index in [-0.39, 0.29) is 17.5 Å². The van der Waals surface area contributed by atoms with Crippen molar-refractivity contribution in [3.05, 3.63) is 65.7 Å². The average Bonchev–Trinajstić information content (AvgIpc) is 2.33. The van der Waals surface area contributed by atoms with Crippen molar-refractivity contribution in [3.8, 4) is 0 Å². The van der Waals surface area contributed by atoms with Crippen molar-refractivity contribution in [1.29, 1.82) is 0 Å². The van der Waals surface area contributed by atoms with Gasteiger partial charge in [-0.25, -0.2) is 4.39 Å². The van der Waals surface area contributed by atoms with Crippen molar-refractivity contribution < 1.29 is 9.18 Å². The highest BCUT2D eigenvalue weighted by Gasteiger charge is 2.18. The fourth-order valence-corrected chi connectivity index (χ4v) is 1.86. The van der Waals surface area contributed by atoms with E-state index in [4.69, 9.17) is 0 Å². The number of rotatable bonds is 3. The molecule has 1 unspecified atom stereocenters. The standard InChI is InChI=1S/C14H12FNO/c1-10(17)14(12-3-2-8-16-9-12)11-4-6-13(15)7-5-11/h2-9,14H,1H3. The summed E-state index contributed by atoms with van der Waals surface area (Å²) >= 11 is 0. The van der Waals surface area contributed by atoms with Gasteiger partial charge in [0, 0.05) is 12.4 Å². The molecule has 0 saturated carbocycles. The van der Waals surface area contributed by atoms with Crippen LogP contribution in [0.25, 0.3) is 0 Å². The molecule has 2 rings (SSSR count). The van der Waals surface area contributed by atoms with E-state index in [9.17, 15) is 9.18 Å². The molecule has 1 aromatic heterocycles. The van der Waals surface area contributed by atoms with Gasteiger partial charge in [0.15, 0.2) is 0 Å². The number of Topliss-reactive ketones (excluding diaryl/α,β-unsaturated/α-hetero) is 1. The van der Waals surface area contributed by atoms with Crippen LogP contribution in [0.4, 0.5) is 4.39 Å². The number of ketones is 1. The second kappa shape index (κ2) is 4.87. The second-order valence-corrected chi connectivity index (χ2v) is 3.88. The first-order valence-corrected chi connectivity index (χ1v) is 5.34. The Bertz CT molecular complexity index is 508. The molecule has 0 aliphatic carbocycles. The quantitative estimate of drug-likeness (QED) is 0.810. The van der Waals surface area contributed by atoms with Crippen LogP contribution in [0.2, 0.25) is 0 Å². The van der Waals surface area contributed by atoms with Gasteiger partial charge in [-0.2, -0.15) is 0 Å². The van der Waals surface area contributed by atoms with E-state index in [1.54, 1.807) is 30.6 Å². The van der Waals surface area contributed by atoms with E-state index < -0.39 is 0 Å². The molecule has 0 aliphatic rings. The van der Waals surface area contributed by atoms with Crippen LogP contribution in [0.1, 0.15) is 24.0 Å². The lowest BCUT2D eigenvalue weighted by Gasteiger charge is -2.14. The third-order valence-electron chi connectivity index (χ3n) is 2.63. The van der Waals surface area contributed by atoms with Gasteiger partial charge in [-0.3, -0.25) is 9.78 Å². The van der Waals surface area contributed by atoms with Crippen LogP contribution < -0.4 is 0 Å². The molecule has 1 heterocycles. The fourth-order valence-electron chi connectivity index (χ4n) is 1.86. The molecule has 1 atom stereocenters. The highest BCUT2D eigenvalue weighted by atomic mass is 19.1. The summed E-state index contributed by atoms with van der Waals surface area (Å²) in [5, 5.41) is 0. The minimum Gasteiger partial charge on any atom is -0.299 e. The summed E-state index contributed by atoms with van der Waals surface area (Å²) in [6, 6.07) is 9.63. The van der Waals surface area contributed by atoms with Gasteiger partial charge in [0.1, 0.15) is 11.6 Å². The van der Waals surface area contributed by atoms with E-state index in [0.717, 1.165) is 11.1 Å². The van der Waals surface area contributed by atoms with Gasteiger partial charge in [0.05, 0.1) is 5.92 Å². The Kier molecular flexibility index (Phi) is 3.28. The van der Waals surface area contributed by atoms with E-state index in [2.05, 4.69) is 4.98 Å². The van der Waals surface area contributed by atoms with Crippen molar-refractivity contribution in [2.75, 3.05) is 0 Å². The smallest absolute Gasteiger partial charge is 0.141 e. The molecule has 17 heavy (non-hydrogen) atoms. The first-order chi connectivity index (χ1) is 8.18. The van der Waals surface area contributed by atoms with Crippen LogP contribution in [0.15, 0.2) is 48.8 Å². The molecule has 0 saturated heterocycles. The van der Waals surface area contributed by atoms with Crippen molar-refractivity contribution in [1.82, 2.24) is 4.98 Å². The molecule has 1 aromatic carbocycles. The maximum absolute atomic E-state index is 12.9. The van der Waals surface area contributed by atoms with Gasteiger partial charge in [0.25, 0.3) is 0 Å². The summed E-state index contributed by atoms with van der Waals surface area (Å²) in [5.41, 5.74) is 1.61. The van der Waals surface area contributed by atoms with Crippen LogP contribution in [-0.2, 0) is 4.79 Å². The number of halogens is 1. The van der Waals surface area contributed by atoms with E-state index in [0.29, 0.717) is 0 Å². The molecule has 2 nitrogen and oxygen atoms in total. The normalized spacial score (nSPS) is 12.1. The van der Waals surface area contributed by atoms with Crippen LogP contribution >= 0.6 is 0 Å². The first-order valence-electron chi connectivity index (χ1n) is 5.34. The Morgan fingerprint density at radius 2 is 1.88 bits per heavy atom. The Labute approximate surface area is 99.1 Å². The molecule has 0 aliphatic heterocycles. The summed E-state index contributed by atoms with van der Waals surface area (Å²) < 4.78 is 12.9. The Hall–Kier alpha value is -2.03. The number of pyridine rings is 1. The molecule has 0 radical (unpaired) electrons. The lowest BCUT2D eigenvalue weighted by molar-refractivity contribution is -0.117. The summed E-state index contributed by atoms with van der Waals surface area (Å²) in [6.45, 7) is 1.53. The van der Waals surface area contributed by atoms with E-state index in [1.165, 1.54) is 19.1 Å². The molecule has 0 bridgehead atoms. The molecular weight excluding hydrogens is 217 g/mol. The summed E-state index contributed by atoms with van der Waals surface area (Å²) in [5.74, 6) is -0.656. The van der Waals surface area contributed by atoms with Crippen molar-refractivity contribution in [3.63, 3.8) is 0 Å². The zero-order valence-electron chi connectivity index (χ0n) is 9.43. The number of carbonyl (C=O) groups is 1. The van der Waals surface area contributed by atoms with Gasteiger partial charge in [0.2, 0.25) is 0 Å².